The zero-order valence-corrected chi connectivity index (χ0v) is 18.0. The number of ether oxygens (including phenoxy) is 1. The van der Waals surface area contributed by atoms with Crippen LogP contribution in [0.3, 0.4) is 0 Å². The lowest BCUT2D eigenvalue weighted by Crippen LogP contribution is -2.29. The number of fused-ring (bicyclic) bond motifs is 2. The molecule has 166 valence electrons. The van der Waals surface area contributed by atoms with Crippen molar-refractivity contribution in [1.82, 2.24) is 19.7 Å². The molecule has 0 aliphatic carbocycles. The molecular formula is C22H31N7O2. The Morgan fingerprint density at radius 3 is 2.84 bits per heavy atom. The Kier molecular flexibility index (Phi) is 6.53. The van der Waals surface area contributed by atoms with Gasteiger partial charge in [-0.2, -0.15) is 10.1 Å². The second-order valence-electron chi connectivity index (χ2n) is 7.88. The number of aromatic nitrogens is 4. The lowest BCUT2D eigenvalue weighted by atomic mass is 9.96. The quantitative estimate of drug-likeness (QED) is 0.474. The molecule has 31 heavy (non-hydrogen) atoms. The third kappa shape index (κ3) is 4.42. The fourth-order valence-electron chi connectivity index (χ4n) is 4.14. The number of hydrogen-bond donors (Lipinski definition) is 3. The average Bonchev–Trinajstić information content (AvgIpc) is 3.18. The van der Waals surface area contributed by atoms with Crippen LogP contribution in [-0.4, -0.2) is 51.2 Å². The van der Waals surface area contributed by atoms with E-state index in [0.717, 1.165) is 55.7 Å². The van der Waals surface area contributed by atoms with Crippen molar-refractivity contribution < 1.29 is 9.84 Å². The third-order valence-electron chi connectivity index (χ3n) is 5.67. The molecule has 2 aromatic heterocycles. The van der Waals surface area contributed by atoms with E-state index in [-0.39, 0.29) is 12.6 Å². The number of nitrogens with zero attached hydrogens (tertiary/aromatic N) is 5. The zero-order valence-electron chi connectivity index (χ0n) is 18.0. The van der Waals surface area contributed by atoms with E-state index in [4.69, 9.17) is 21.3 Å². The van der Waals surface area contributed by atoms with Gasteiger partial charge in [-0.3, -0.25) is 4.68 Å². The summed E-state index contributed by atoms with van der Waals surface area (Å²) in [7, 11) is 0. The second kappa shape index (κ2) is 9.49. The Hall–Kier alpha value is -2.91. The smallest absolute Gasteiger partial charge is 0.222 e. The van der Waals surface area contributed by atoms with Crippen LogP contribution in [0.25, 0.3) is 11.0 Å². The monoisotopic (exact) mass is 425 g/mol. The molecule has 0 bridgehead atoms. The first-order valence-electron chi connectivity index (χ1n) is 11.0. The van der Waals surface area contributed by atoms with Gasteiger partial charge in [0.05, 0.1) is 26.0 Å². The molecule has 0 saturated carbocycles. The van der Waals surface area contributed by atoms with Gasteiger partial charge in [-0.15, -0.1) is 0 Å². The summed E-state index contributed by atoms with van der Waals surface area (Å²) in [6.45, 7) is 5.19. The molecule has 1 aromatic carbocycles. The normalized spacial score (nSPS) is 13.3. The molecule has 1 aliphatic rings. The van der Waals surface area contributed by atoms with E-state index >= 15 is 0 Å². The Labute approximate surface area is 182 Å². The summed E-state index contributed by atoms with van der Waals surface area (Å²) in [6.07, 6.45) is 5.91. The van der Waals surface area contributed by atoms with E-state index in [1.165, 1.54) is 5.56 Å². The number of rotatable bonds is 9. The van der Waals surface area contributed by atoms with Crippen molar-refractivity contribution in [2.24, 2.45) is 5.73 Å². The van der Waals surface area contributed by atoms with Crippen LogP contribution in [-0.2, 0) is 19.5 Å². The van der Waals surface area contributed by atoms with Crippen LogP contribution in [0, 0.1) is 0 Å². The second-order valence-corrected chi connectivity index (χ2v) is 7.88. The number of unbranched alkanes of at least 4 members (excludes halogenated alkanes) is 1. The molecule has 0 spiro atoms. The van der Waals surface area contributed by atoms with E-state index < -0.39 is 0 Å². The van der Waals surface area contributed by atoms with Gasteiger partial charge in [-0.05, 0) is 30.4 Å². The summed E-state index contributed by atoms with van der Waals surface area (Å²) in [5, 5.41) is 14.3. The van der Waals surface area contributed by atoms with E-state index in [1.807, 2.05) is 15.8 Å². The molecule has 1 aliphatic heterocycles. The molecule has 0 saturated heterocycles. The molecule has 5 N–H and O–H groups in total. The van der Waals surface area contributed by atoms with Crippen LogP contribution in [0.4, 0.5) is 11.8 Å². The summed E-state index contributed by atoms with van der Waals surface area (Å²) in [5.74, 6) is 1.81. The van der Waals surface area contributed by atoms with Crippen LogP contribution in [0.5, 0.6) is 5.75 Å². The van der Waals surface area contributed by atoms with Crippen LogP contribution < -0.4 is 21.1 Å². The molecule has 0 amide bonds. The van der Waals surface area contributed by atoms with Gasteiger partial charge in [0.2, 0.25) is 5.95 Å². The lowest BCUT2D eigenvalue weighted by molar-refractivity contribution is 0.283. The number of nitrogens with two attached hydrogens (primary N) is 2. The molecule has 9 heteroatoms. The van der Waals surface area contributed by atoms with Gasteiger partial charge in [-0.25, -0.2) is 4.98 Å². The number of anilines is 2. The SMILES string of the molecule is CCCCN(CCO)c1nc(N)nc2cn(Cc3ccc(CN)c4c3OCCC4)nc12. The highest BCUT2D eigenvalue weighted by Gasteiger charge is 2.20. The largest absolute Gasteiger partial charge is 0.493 e. The van der Waals surface area contributed by atoms with Crippen molar-refractivity contribution in [2.75, 3.05) is 36.9 Å². The number of hydrogen-bond acceptors (Lipinski definition) is 8. The third-order valence-corrected chi connectivity index (χ3v) is 5.67. The van der Waals surface area contributed by atoms with E-state index in [9.17, 15) is 5.11 Å². The van der Waals surface area contributed by atoms with Crippen molar-refractivity contribution in [3.63, 3.8) is 0 Å². The minimum atomic E-state index is 0.0345. The predicted octanol–water partition coefficient (Wildman–Crippen LogP) is 1.84. The van der Waals surface area contributed by atoms with Crippen molar-refractivity contribution in [2.45, 2.75) is 45.7 Å². The van der Waals surface area contributed by atoms with Crippen LogP contribution in [0.15, 0.2) is 18.3 Å². The molecular weight excluding hydrogens is 394 g/mol. The first-order valence-corrected chi connectivity index (χ1v) is 11.0. The summed E-state index contributed by atoms with van der Waals surface area (Å²) >= 11 is 0. The van der Waals surface area contributed by atoms with Crippen molar-refractivity contribution in [3.05, 3.63) is 35.0 Å². The van der Waals surface area contributed by atoms with Gasteiger partial charge in [0, 0.05) is 25.2 Å². The highest BCUT2D eigenvalue weighted by atomic mass is 16.5. The van der Waals surface area contributed by atoms with Gasteiger partial charge in [0.15, 0.2) is 11.3 Å². The van der Waals surface area contributed by atoms with E-state index in [2.05, 4.69) is 29.0 Å². The first kappa shape index (κ1) is 21.3. The Bertz CT molecular complexity index is 1050. The van der Waals surface area contributed by atoms with Crippen molar-refractivity contribution in [1.29, 1.82) is 0 Å². The number of nitrogen functional groups attached to an aromatic ring is 1. The van der Waals surface area contributed by atoms with E-state index in [0.29, 0.717) is 36.5 Å². The topological polar surface area (TPSA) is 128 Å². The van der Waals surface area contributed by atoms with E-state index in [1.54, 1.807) is 0 Å². The van der Waals surface area contributed by atoms with Crippen LogP contribution in [0.1, 0.15) is 42.9 Å². The fourth-order valence-corrected chi connectivity index (χ4v) is 4.14. The van der Waals surface area contributed by atoms with Gasteiger partial charge >= 0.3 is 0 Å². The zero-order chi connectivity index (χ0) is 21.8. The van der Waals surface area contributed by atoms with Crippen LogP contribution >= 0.6 is 0 Å². The maximum atomic E-state index is 9.53. The van der Waals surface area contributed by atoms with Crippen molar-refractivity contribution >= 4 is 22.8 Å². The number of aliphatic hydroxyl groups excluding tert-OH is 1. The minimum absolute atomic E-state index is 0.0345. The molecule has 0 fully saturated rings. The molecule has 0 unspecified atom stereocenters. The highest BCUT2D eigenvalue weighted by Crippen LogP contribution is 2.33. The summed E-state index contributed by atoms with van der Waals surface area (Å²) in [6, 6.07) is 4.15. The Balaban J connectivity index is 1.70. The molecule has 0 radical (unpaired) electrons. The Morgan fingerprint density at radius 1 is 1.23 bits per heavy atom. The highest BCUT2D eigenvalue weighted by molar-refractivity contribution is 5.86. The predicted molar refractivity (Wildman–Crippen MR) is 121 cm³/mol. The molecule has 3 aromatic rings. The standard InChI is InChI=1S/C22H31N7O2/c1-2-3-8-28(9-10-30)21-19-18(25-22(24)26-21)14-29(27-19)13-16-7-6-15(12-23)17-5-4-11-31-20(16)17/h6-7,14,30H,2-5,8-13,23H2,1H3,(H2,24,25). The average molecular weight is 426 g/mol. The molecule has 4 rings (SSSR count). The number of benzene rings is 1. The summed E-state index contributed by atoms with van der Waals surface area (Å²) < 4.78 is 7.88. The molecule has 9 nitrogen and oxygen atoms in total. The minimum Gasteiger partial charge on any atom is -0.493 e. The molecule has 0 atom stereocenters. The summed E-state index contributed by atoms with van der Waals surface area (Å²) in [5.41, 5.74) is 16.7. The lowest BCUT2D eigenvalue weighted by Gasteiger charge is -2.23. The fraction of sp³-hybridized carbons (Fsp3) is 0.500. The van der Waals surface area contributed by atoms with Crippen molar-refractivity contribution in [3.8, 4) is 5.75 Å². The van der Waals surface area contributed by atoms with Crippen LogP contribution in [0.2, 0.25) is 0 Å². The molecule has 3 heterocycles. The maximum Gasteiger partial charge on any atom is 0.222 e. The Morgan fingerprint density at radius 2 is 2.06 bits per heavy atom. The van der Waals surface area contributed by atoms with Gasteiger partial charge in [0.25, 0.3) is 0 Å². The van der Waals surface area contributed by atoms with Gasteiger partial charge in [-0.1, -0.05) is 25.5 Å². The van der Waals surface area contributed by atoms with Gasteiger partial charge in [0.1, 0.15) is 11.3 Å². The maximum absolute atomic E-state index is 9.53. The van der Waals surface area contributed by atoms with Gasteiger partial charge < -0.3 is 26.2 Å². The number of aliphatic hydroxyl groups is 1. The first-order chi connectivity index (χ1) is 15.1. The summed E-state index contributed by atoms with van der Waals surface area (Å²) in [4.78, 5) is 10.9.